The molecule has 0 aliphatic carbocycles. The minimum Gasteiger partial charge on any atom is -0.372 e. The third kappa shape index (κ3) is 7.57. The van der Waals surface area contributed by atoms with E-state index in [-0.39, 0.29) is 23.4 Å². The first-order valence-electron chi connectivity index (χ1n) is 13.5. The molecule has 2 saturated heterocycles. The summed E-state index contributed by atoms with van der Waals surface area (Å²) in [7, 11) is 0. The van der Waals surface area contributed by atoms with Gasteiger partial charge in [-0.2, -0.15) is 0 Å². The number of hydrogen-bond donors (Lipinski definition) is 0. The van der Waals surface area contributed by atoms with E-state index in [4.69, 9.17) is 23.7 Å². The maximum absolute atomic E-state index is 11.6. The zero-order chi connectivity index (χ0) is 27.0. The van der Waals surface area contributed by atoms with E-state index in [9.17, 15) is 4.79 Å². The zero-order valence-corrected chi connectivity index (χ0v) is 23.3. The molecule has 0 bridgehead atoms. The summed E-state index contributed by atoms with van der Waals surface area (Å²) in [5.74, 6) is 0.152. The highest BCUT2D eigenvalue weighted by Crippen LogP contribution is 2.41. The summed E-state index contributed by atoms with van der Waals surface area (Å²) in [6.45, 7) is 4.92. The lowest BCUT2D eigenvalue weighted by atomic mass is 9.98. The molecule has 206 valence electrons. The normalized spacial score (nSPS) is 26.6. The summed E-state index contributed by atoms with van der Waals surface area (Å²) < 4.78 is 32.4. The monoisotopic (exact) mass is 548 g/mol. The Bertz CT molecular complexity index is 1170. The number of benzene rings is 3. The number of carbonyl (C=O) groups is 1. The van der Waals surface area contributed by atoms with Crippen LogP contribution in [0.2, 0.25) is 0 Å². The van der Waals surface area contributed by atoms with E-state index in [2.05, 4.69) is 43.3 Å². The van der Waals surface area contributed by atoms with E-state index < -0.39 is 18.5 Å². The number of carbonyl (C=O) groups excluding carboxylic acids is 1. The summed E-state index contributed by atoms with van der Waals surface area (Å²) in [4.78, 5) is 12.7. The van der Waals surface area contributed by atoms with Crippen LogP contribution in [0.3, 0.4) is 0 Å². The maximum atomic E-state index is 11.6. The minimum atomic E-state index is -0.515. The SMILES string of the molecule is CC(=O)CCCO[C@@H]1[C@@H](OCc2ccccc2)[C@H]2OC(c3ccccc3)OC[C@H]2O[C@H]1Sc1ccc(C)cc1. The number of hydrogen-bond acceptors (Lipinski definition) is 7. The molecule has 0 aromatic heterocycles. The minimum absolute atomic E-state index is 0.152. The first-order chi connectivity index (χ1) is 19.1. The summed E-state index contributed by atoms with van der Waals surface area (Å²) in [5, 5.41) is 0. The highest BCUT2D eigenvalue weighted by Gasteiger charge is 2.51. The van der Waals surface area contributed by atoms with E-state index in [1.165, 1.54) is 5.56 Å². The fourth-order valence-corrected chi connectivity index (χ4v) is 5.97. The van der Waals surface area contributed by atoms with Crippen molar-refractivity contribution >= 4 is 17.5 Å². The van der Waals surface area contributed by atoms with Gasteiger partial charge < -0.3 is 28.5 Å². The number of fused-ring (bicyclic) bond motifs is 1. The summed E-state index contributed by atoms with van der Waals surface area (Å²) in [6.07, 6.45) is -0.915. The van der Waals surface area contributed by atoms with Gasteiger partial charge in [0, 0.05) is 23.5 Å². The van der Waals surface area contributed by atoms with E-state index >= 15 is 0 Å². The predicted octanol–water partition coefficient (Wildman–Crippen LogP) is 6.27. The van der Waals surface area contributed by atoms with Crippen molar-refractivity contribution in [2.45, 2.75) is 74.3 Å². The van der Waals surface area contributed by atoms with Crippen molar-refractivity contribution in [3.05, 3.63) is 102 Å². The molecule has 0 N–H and O–H groups in total. The highest BCUT2D eigenvalue weighted by atomic mass is 32.2. The summed E-state index contributed by atoms with van der Waals surface area (Å²) >= 11 is 1.62. The Morgan fingerprint density at radius 1 is 0.897 bits per heavy atom. The Balaban J connectivity index is 1.41. The third-order valence-electron chi connectivity index (χ3n) is 6.90. The molecule has 0 spiro atoms. The highest BCUT2D eigenvalue weighted by molar-refractivity contribution is 7.99. The van der Waals surface area contributed by atoms with Crippen LogP contribution in [-0.2, 0) is 35.1 Å². The molecule has 2 heterocycles. The Morgan fingerprint density at radius 3 is 2.33 bits per heavy atom. The molecule has 0 radical (unpaired) electrons. The van der Waals surface area contributed by atoms with Gasteiger partial charge in [-0.15, -0.1) is 0 Å². The van der Waals surface area contributed by atoms with Crippen molar-refractivity contribution in [3.8, 4) is 0 Å². The van der Waals surface area contributed by atoms with Crippen LogP contribution in [0.5, 0.6) is 0 Å². The number of ketones is 1. The lowest BCUT2D eigenvalue weighted by molar-refractivity contribution is -0.328. The van der Waals surface area contributed by atoms with E-state index in [1.807, 2.05) is 48.5 Å². The Hall–Kier alpha value is -2.52. The van der Waals surface area contributed by atoms with Crippen LogP contribution in [0.4, 0.5) is 0 Å². The fourth-order valence-electron chi connectivity index (χ4n) is 4.85. The lowest BCUT2D eigenvalue weighted by Gasteiger charge is -2.49. The predicted molar refractivity (Wildman–Crippen MR) is 150 cm³/mol. The van der Waals surface area contributed by atoms with Gasteiger partial charge in [0.1, 0.15) is 35.6 Å². The zero-order valence-electron chi connectivity index (χ0n) is 22.4. The van der Waals surface area contributed by atoms with Gasteiger partial charge in [-0.25, -0.2) is 0 Å². The molecule has 39 heavy (non-hydrogen) atoms. The van der Waals surface area contributed by atoms with Crippen LogP contribution >= 0.6 is 11.8 Å². The molecular weight excluding hydrogens is 512 g/mol. The first-order valence-corrected chi connectivity index (χ1v) is 14.4. The van der Waals surface area contributed by atoms with E-state index in [0.29, 0.717) is 32.7 Å². The van der Waals surface area contributed by atoms with Crippen LogP contribution in [0, 0.1) is 6.92 Å². The molecule has 0 amide bonds. The molecular formula is C32H36O6S. The molecule has 2 aliphatic heterocycles. The van der Waals surface area contributed by atoms with Gasteiger partial charge >= 0.3 is 0 Å². The summed E-state index contributed by atoms with van der Waals surface area (Å²) in [6, 6.07) is 28.4. The molecule has 3 aromatic rings. The molecule has 5 rings (SSSR count). The maximum Gasteiger partial charge on any atom is 0.184 e. The molecule has 1 unspecified atom stereocenters. The van der Waals surface area contributed by atoms with Gasteiger partial charge in [-0.3, -0.25) is 0 Å². The van der Waals surface area contributed by atoms with Crippen LogP contribution < -0.4 is 0 Å². The number of ether oxygens (including phenoxy) is 5. The van der Waals surface area contributed by atoms with Gasteiger partial charge in [0.25, 0.3) is 0 Å². The molecule has 0 saturated carbocycles. The Labute approximate surface area is 234 Å². The van der Waals surface area contributed by atoms with Crippen LogP contribution in [0.1, 0.15) is 42.7 Å². The number of Topliss-reactive ketones (excluding diaryl/α,β-unsaturated/α-hetero) is 1. The van der Waals surface area contributed by atoms with Crippen molar-refractivity contribution in [1.29, 1.82) is 0 Å². The van der Waals surface area contributed by atoms with Gasteiger partial charge in [0.2, 0.25) is 0 Å². The lowest BCUT2D eigenvalue weighted by Crippen LogP contribution is -2.62. The quantitative estimate of drug-likeness (QED) is 0.262. The van der Waals surface area contributed by atoms with Crippen LogP contribution in [-0.4, -0.2) is 48.8 Å². The van der Waals surface area contributed by atoms with Crippen molar-refractivity contribution in [2.75, 3.05) is 13.2 Å². The van der Waals surface area contributed by atoms with Gasteiger partial charge in [-0.05, 0) is 38.0 Å². The molecule has 7 heteroatoms. The van der Waals surface area contributed by atoms with Crippen LogP contribution in [0.25, 0.3) is 0 Å². The van der Waals surface area contributed by atoms with Crippen molar-refractivity contribution in [3.63, 3.8) is 0 Å². The Kier molecular flexibility index (Phi) is 9.85. The number of rotatable bonds is 11. The van der Waals surface area contributed by atoms with Crippen LogP contribution in [0.15, 0.2) is 89.8 Å². The second-order valence-electron chi connectivity index (χ2n) is 10.1. The van der Waals surface area contributed by atoms with Gasteiger partial charge in [0.15, 0.2) is 6.29 Å². The molecule has 6 nitrogen and oxygen atoms in total. The number of thioether (sulfide) groups is 1. The van der Waals surface area contributed by atoms with Crippen molar-refractivity contribution in [1.82, 2.24) is 0 Å². The number of aryl methyl sites for hydroxylation is 1. The molecule has 2 fully saturated rings. The van der Waals surface area contributed by atoms with Gasteiger partial charge in [-0.1, -0.05) is 90.1 Å². The fraction of sp³-hybridized carbons (Fsp3) is 0.406. The first kappa shape index (κ1) is 28.0. The van der Waals surface area contributed by atoms with E-state index in [0.717, 1.165) is 16.0 Å². The second-order valence-corrected chi connectivity index (χ2v) is 11.2. The third-order valence-corrected chi connectivity index (χ3v) is 8.05. The largest absolute Gasteiger partial charge is 0.372 e. The van der Waals surface area contributed by atoms with E-state index in [1.54, 1.807) is 18.7 Å². The topological polar surface area (TPSA) is 63.2 Å². The van der Waals surface area contributed by atoms with Crippen molar-refractivity contribution in [2.24, 2.45) is 0 Å². The summed E-state index contributed by atoms with van der Waals surface area (Å²) in [5.41, 5.74) is 2.89. The van der Waals surface area contributed by atoms with Gasteiger partial charge in [0.05, 0.1) is 13.2 Å². The Morgan fingerprint density at radius 2 is 1.62 bits per heavy atom. The molecule has 6 atom stereocenters. The average Bonchev–Trinajstić information content (AvgIpc) is 2.96. The van der Waals surface area contributed by atoms with Crippen molar-refractivity contribution < 1.29 is 28.5 Å². The average molecular weight is 549 g/mol. The standard InChI is InChI=1S/C32H36O6S/c1-22-15-17-26(18-16-22)39-32-30(34-19-9-10-23(2)33)29(35-20-24-11-5-3-6-12-24)28-27(37-32)21-36-31(38-28)25-13-7-4-8-14-25/h3-8,11-18,27-32H,9-10,19-21H2,1-2H3/t27-,28+,29+,30-,31?,32+/m1/s1. The smallest absolute Gasteiger partial charge is 0.184 e. The second kappa shape index (κ2) is 13.7. The molecule has 2 aliphatic rings. The molecule has 3 aromatic carbocycles.